The van der Waals surface area contributed by atoms with Crippen LogP contribution in [0.5, 0.6) is 0 Å². The van der Waals surface area contributed by atoms with Crippen LogP contribution in [0.3, 0.4) is 0 Å². The number of benzene rings is 1. The third-order valence-electron chi connectivity index (χ3n) is 2.83. The fourth-order valence-electron chi connectivity index (χ4n) is 1.80. The van der Waals surface area contributed by atoms with E-state index in [-0.39, 0.29) is 0 Å². The summed E-state index contributed by atoms with van der Waals surface area (Å²) in [7, 11) is 1.98. The molecule has 0 aliphatic carbocycles. The number of aromatic nitrogens is 2. The molecule has 0 saturated carbocycles. The molecular formula is C14H18N4. The normalized spacial score (nSPS) is 10.4. The van der Waals surface area contributed by atoms with Crippen molar-refractivity contribution < 1.29 is 0 Å². The molecule has 0 bridgehead atoms. The van der Waals surface area contributed by atoms with Crippen molar-refractivity contribution in [1.29, 1.82) is 0 Å². The minimum Gasteiger partial charge on any atom is -0.384 e. The maximum Gasteiger partial charge on any atom is 0.138 e. The second kappa shape index (κ2) is 5.04. The third kappa shape index (κ3) is 2.59. The highest BCUT2D eigenvalue weighted by Crippen LogP contribution is 2.23. The van der Waals surface area contributed by atoms with E-state index < -0.39 is 0 Å². The van der Waals surface area contributed by atoms with E-state index in [1.807, 2.05) is 24.9 Å². The standard InChI is InChI=1S/C14H18N4/c1-4-13-16-12(15)9-14(17-13)18(3)11-7-5-6-10(2)8-11/h5-9H,4H2,1-3H3,(H2,15,16,17). The Bertz CT molecular complexity index is 551. The van der Waals surface area contributed by atoms with E-state index in [1.54, 1.807) is 6.07 Å². The van der Waals surface area contributed by atoms with Crippen LogP contribution in [0.4, 0.5) is 17.3 Å². The molecule has 94 valence electrons. The van der Waals surface area contributed by atoms with Crippen molar-refractivity contribution in [3.8, 4) is 0 Å². The Labute approximate surface area is 107 Å². The summed E-state index contributed by atoms with van der Waals surface area (Å²) in [5.74, 6) is 2.10. The Morgan fingerprint density at radius 3 is 2.67 bits per heavy atom. The van der Waals surface area contributed by atoms with Crippen molar-refractivity contribution in [3.05, 3.63) is 41.7 Å². The van der Waals surface area contributed by atoms with Gasteiger partial charge in [-0.05, 0) is 24.6 Å². The molecule has 0 atom stereocenters. The van der Waals surface area contributed by atoms with Gasteiger partial charge in [0.05, 0.1) is 0 Å². The highest BCUT2D eigenvalue weighted by atomic mass is 15.2. The van der Waals surface area contributed by atoms with Crippen LogP contribution in [0.1, 0.15) is 18.3 Å². The van der Waals surface area contributed by atoms with E-state index in [0.717, 1.165) is 23.8 Å². The first kappa shape index (κ1) is 12.4. The van der Waals surface area contributed by atoms with Gasteiger partial charge < -0.3 is 10.6 Å². The van der Waals surface area contributed by atoms with Gasteiger partial charge in [0.1, 0.15) is 17.5 Å². The second-order valence-corrected chi connectivity index (χ2v) is 4.32. The number of hydrogen-bond acceptors (Lipinski definition) is 4. The summed E-state index contributed by atoms with van der Waals surface area (Å²) < 4.78 is 0. The van der Waals surface area contributed by atoms with Crippen LogP contribution in [0.2, 0.25) is 0 Å². The molecule has 4 heteroatoms. The fraction of sp³-hybridized carbons (Fsp3) is 0.286. The average molecular weight is 242 g/mol. The predicted octanol–water partition coefficient (Wildman–Crippen LogP) is 2.70. The highest BCUT2D eigenvalue weighted by molar-refractivity contribution is 5.61. The molecule has 1 heterocycles. The minimum atomic E-state index is 0.511. The zero-order valence-corrected chi connectivity index (χ0v) is 11.0. The van der Waals surface area contributed by atoms with Gasteiger partial charge in [-0.1, -0.05) is 19.1 Å². The van der Waals surface area contributed by atoms with E-state index in [9.17, 15) is 0 Å². The number of nitrogen functional groups attached to an aromatic ring is 1. The topological polar surface area (TPSA) is 55.0 Å². The lowest BCUT2D eigenvalue weighted by Gasteiger charge is -2.19. The molecule has 4 nitrogen and oxygen atoms in total. The van der Waals surface area contributed by atoms with Gasteiger partial charge in [0.25, 0.3) is 0 Å². The van der Waals surface area contributed by atoms with Crippen molar-refractivity contribution in [2.75, 3.05) is 17.7 Å². The van der Waals surface area contributed by atoms with Crippen molar-refractivity contribution in [1.82, 2.24) is 9.97 Å². The van der Waals surface area contributed by atoms with Gasteiger partial charge in [-0.15, -0.1) is 0 Å². The Balaban J connectivity index is 2.39. The Hall–Kier alpha value is -2.10. The first-order valence-electron chi connectivity index (χ1n) is 6.04. The molecule has 1 aromatic heterocycles. The van der Waals surface area contributed by atoms with Crippen LogP contribution in [-0.2, 0) is 6.42 Å². The predicted molar refractivity (Wildman–Crippen MR) is 75.1 cm³/mol. The Kier molecular flexibility index (Phi) is 3.46. The fourth-order valence-corrected chi connectivity index (χ4v) is 1.80. The van der Waals surface area contributed by atoms with E-state index in [2.05, 4.69) is 35.1 Å². The van der Waals surface area contributed by atoms with Gasteiger partial charge in [0, 0.05) is 25.2 Å². The Morgan fingerprint density at radius 1 is 1.22 bits per heavy atom. The summed E-state index contributed by atoms with van der Waals surface area (Å²) in [6.45, 7) is 4.09. The smallest absolute Gasteiger partial charge is 0.138 e. The molecule has 0 aliphatic rings. The minimum absolute atomic E-state index is 0.511. The summed E-state index contributed by atoms with van der Waals surface area (Å²) in [6, 6.07) is 10.1. The number of nitrogens with two attached hydrogens (primary N) is 1. The van der Waals surface area contributed by atoms with Gasteiger partial charge >= 0.3 is 0 Å². The average Bonchev–Trinajstić information content (AvgIpc) is 2.37. The number of anilines is 3. The summed E-state index contributed by atoms with van der Waals surface area (Å²) >= 11 is 0. The molecular weight excluding hydrogens is 224 g/mol. The quantitative estimate of drug-likeness (QED) is 0.899. The zero-order chi connectivity index (χ0) is 13.1. The van der Waals surface area contributed by atoms with Crippen molar-refractivity contribution in [3.63, 3.8) is 0 Å². The molecule has 2 aromatic rings. The molecule has 0 spiro atoms. The van der Waals surface area contributed by atoms with Crippen LogP contribution in [0, 0.1) is 6.92 Å². The molecule has 0 unspecified atom stereocenters. The van der Waals surface area contributed by atoms with Gasteiger partial charge in [-0.25, -0.2) is 9.97 Å². The summed E-state index contributed by atoms with van der Waals surface area (Å²) in [4.78, 5) is 10.7. The molecule has 18 heavy (non-hydrogen) atoms. The number of hydrogen-bond donors (Lipinski definition) is 1. The van der Waals surface area contributed by atoms with Crippen molar-refractivity contribution in [2.45, 2.75) is 20.3 Å². The van der Waals surface area contributed by atoms with E-state index in [4.69, 9.17) is 5.73 Å². The van der Waals surface area contributed by atoms with Gasteiger partial charge in [0.15, 0.2) is 0 Å². The number of aryl methyl sites for hydroxylation is 2. The molecule has 0 radical (unpaired) electrons. The Morgan fingerprint density at radius 2 is 2.00 bits per heavy atom. The van der Waals surface area contributed by atoms with Crippen LogP contribution in [0.25, 0.3) is 0 Å². The second-order valence-electron chi connectivity index (χ2n) is 4.32. The number of nitrogens with zero attached hydrogens (tertiary/aromatic N) is 3. The van der Waals surface area contributed by atoms with E-state index >= 15 is 0 Å². The molecule has 0 fully saturated rings. The maximum atomic E-state index is 5.80. The van der Waals surface area contributed by atoms with E-state index in [0.29, 0.717) is 5.82 Å². The highest BCUT2D eigenvalue weighted by Gasteiger charge is 2.08. The summed E-state index contributed by atoms with van der Waals surface area (Å²) in [5.41, 5.74) is 8.12. The molecule has 0 amide bonds. The van der Waals surface area contributed by atoms with Crippen molar-refractivity contribution >= 4 is 17.3 Å². The lowest BCUT2D eigenvalue weighted by Crippen LogP contribution is -2.13. The first-order chi connectivity index (χ1) is 8.60. The lowest BCUT2D eigenvalue weighted by molar-refractivity contribution is 0.931. The van der Waals surface area contributed by atoms with Crippen LogP contribution >= 0.6 is 0 Å². The molecule has 0 aliphatic heterocycles. The monoisotopic (exact) mass is 242 g/mol. The van der Waals surface area contributed by atoms with Gasteiger partial charge in [-0.3, -0.25) is 0 Å². The molecule has 1 aromatic carbocycles. The first-order valence-corrected chi connectivity index (χ1v) is 6.04. The zero-order valence-electron chi connectivity index (χ0n) is 11.0. The molecule has 2 N–H and O–H groups in total. The largest absolute Gasteiger partial charge is 0.384 e. The van der Waals surface area contributed by atoms with Gasteiger partial charge in [-0.2, -0.15) is 0 Å². The van der Waals surface area contributed by atoms with Gasteiger partial charge in [0.2, 0.25) is 0 Å². The summed E-state index contributed by atoms with van der Waals surface area (Å²) in [5, 5.41) is 0. The molecule has 0 saturated heterocycles. The lowest BCUT2D eigenvalue weighted by atomic mass is 10.2. The van der Waals surface area contributed by atoms with Crippen LogP contribution in [-0.4, -0.2) is 17.0 Å². The third-order valence-corrected chi connectivity index (χ3v) is 2.83. The summed E-state index contributed by atoms with van der Waals surface area (Å²) in [6.07, 6.45) is 0.777. The number of rotatable bonds is 3. The molecule has 2 rings (SSSR count). The van der Waals surface area contributed by atoms with Crippen LogP contribution < -0.4 is 10.6 Å². The van der Waals surface area contributed by atoms with E-state index in [1.165, 1.54) is 5.56 Å². The van der Waals surface area contributed by atoms with Crippen molar-refractivity contribution in [2.24, 2.45) is 0 Å². The maximum absolute atomic E-state index is 5.80. The SMILES string of the molecule is CCc1nc(N)cc(N(C)c2cccc(C)c2)n1. The van der Waals surface area contributed by atoms with Crippen LogP contribution in [0.15, 0.2) is 30.3 Å².